The van der Waals surface area contributed by atoms with E-state index in [0.717, 1.165) is 17.7 Å². The van der Waals surface area contributed by atoms with Gasteiger partial charge < -0.3 is 10.1 Å². The molecule has 1 saturated heterocycles. The standard InChI is InChI=1S/C21H20ClN3O5/c1-30-19-9-6-12(10-16(19)22)23-17-8-7-13(11-18(17)25(28)29)24-20(26)14-4-2-3-5-15(14)21(24)27/h6-11,14-15,23H,2-5H2,1H3. The van der Waals surface area contributed by atoms with Gasteiger partial charge in [0.25, 0.3) is 5.69 Å². The number of ether oxygens (including phenoxy) is 1. The van der Waals surface area contributed by atoms with Gasteiger partial charge in [-0.1, -0.05) is 24.4 Å². The molecule has 2 unspecified atom stereocenters. The van der Waals surface area contributed by atoms with E-state index in [1.807, 2.05) is 0 Å². The Morgan fingerprint density at radius 2 is 1.77 bits per heavy atom. The highest BCUT2D eigenvalue weighted by atomic mass is 35.5. The molecule has 0 spiro atoms. The van der Waals surface area contributed by atoms with Crippen LogP contribution in [0.25, 0.3) is 0 Å². The minimum Gasteiger partial charge on any atom is -0.495 e. The number of methoxy groups -OCH3 is 1. The number of hydrogen-bond donors (Lipinski definition) is 1. The average Bonchev–Trinajstić information content (AvgIpc) is 2.99. The third kappa shape index (κ3) is 3.47. The zero-order chi connectivity index (χ0) is 21.4. The summed E-state index contributed by atoms with van der Waals surface area (Å²) >= 11 is 6.12. The Morgan fingerprint density at radius 3 is 2.33 bits per heavy atom. The fraction of sp³-hybridized carbons (Fsp3) is 0.333. The summed E-state index contributed by atoms with van der Waals surface area (Å²) in [4.78, 5) is 37.9. The quantitative estimate of drug-likeness (QED) is 0.420. The number of carbonyl (C=O) groups excluding carboxylic acids is 2. The van der Waals surface area contributed by atoms with Gasteiger partial charge in [0.2, 0.25) is 11.8 Å². The van der Waals surface area contributed by atoms with Crippen molar-refractivity contribution in [2.75, 3.05) is 17.3 Å². The van der Waals surface area contributed by atoms with Crippen LogP contribution in [-0.2, 0) is 9.59 Å². The molecular formula is C21H20ClN3O5. The van der Waals surface area contributed by atoms with Crippen molar-refractivity contribution in [1.82, 2.24) is 0 Å². The predicted octanol–water partition coefficient (Wildman–Crippen LogP) is 4.68. The Bertz CT molecular complexity index is 1020. The molecule has 1 saturated carbocycles. The number of hydrogen-bond acceptors (Lipinski definition) is 6. The first-order valence-electron chi connectivity index (χ1n) is 9.67. The molecule has 1 N–H and O–H groups in total. The summed E-state index contributed by atoms with van der Waals surface area (Å²) in [5.74, 6) is -0.669. The van der Waals surface area contributed by atoms with Crippen LogP contribution in [0.5, 0.6) is 5.75 Å². The summed E-state index contributed by atoms with van der Waals surface area (Å²) in [6.07, 6.45) is 3.21. The molecule has 2 atom stereocenters. The fourth-order valence-corrected chi connectivity index (χ4v) is 4.49. The van der Waals surface area contributed by atoms with Crippen LogP contribution in [0.4, 0.5) is 22.7 Å². The third-order valence-corrected chi connectivity index (χ3v) is 6.00. The molecule has 2 aromatic rings. The molecule has 2 aromatic carbocycles. The van der Waals surface area contributed by atoms with Crippen molar-refractivity contribution in [3.05, 3.63) is 51.5 Å². The number of anilines is 3. The Labute approximate surface area is 177 Å². The van der Waals surface area contributed by atoms with Crippen molar-refractivity contribution < 1.29 is 19.2 Å². The minimum absolute atomic E-state index is 0.224. The Morgan fingerprint density at radius 1 is 1.10 bits per heavy atom. The van der Waals surface area contributed by atoms with E-state index in [0.29, 0.717) is 29.3 Å². The van der Waals surface area contributed by atoms with Crippen LogP contribution in [0, 0.1) is 22.0 Å². The zero-order valence-electron chi connectivity index (χ0n) is 16.3. The van der Waals surface area contributed by atoms with Crippen molar-refractivity contribution in [2.45, 2.75) is 25.7 Å². The number of carbonyl (C=O) groups is 2. The number of amides is 2. The summed E-state index contributed by atoms with van der Waals surface area (Å²) in [5, 5.41) is 15.0. The molecular weight excluding hydrogens is 410 g/mol. The summed E-state index contributed by atoms with van der Waals surface area (Å²) in [6.45, 7) is 0. The molecule has 0 aromatic heterocycles. The van der Waals surface area contributed by atoms with Gasteiger partial charge in [0.15, 0.2) is 0 Å². The lowest BCUT2D eigenvalue weighted by atomic mass is 9.81. The second-order valence-corrected chi connectivity index (χ2v) is 7.85. The van der Waals surface area contributed by atoms with E-state index < -0.39 is 4.92 Å². The van der Waals surface area contributed by atoms with Crippen LogP contribution in [0.15, 0.2) is 36.4 Å². The van der Waals surface area contributed by atoms with Gasteiger partial charge in [0, 0.05) is 11.8 Å². The predicted molar refractivity (Wildman–Crippen MR) is 112 cm³/mol. The van der Waals surface area contributed by atoms with Gasteiger partial charge in [-0.05, 0) is 43.2 Å². The maximum absolute atomic E-state index is 12.8. The van der Waals surface area contributed by atoms with E-state index >= 15 is 0 Å². The van der Waals surface area contributed by atoms with Crippen LogP contribution in [-0.4, -0.2) is 23.8 Å². The number of benzene rings is 2. The molecule has 8 nitrogen and oxygen atoms in total. The van der Waals surface area contributed by atoms with E-state index in [4.69, 9.17) is 16.3 Å². The van der Waals surface area contributed by atoms with Crippen LogP contribution < -0.4 is 15.0 Å². The number of rotatable bonds is 5. The molecule has 0 radical (unpaired) electrons. The number of nitrogens with zero attached hydrogens (tertiary/aromatic N) is 2. The number of nitro groups is 1. The average molecular weight is 430 g/mol. The Balaban J connectivity index is 1.66. The molecule has 2 amide bonds. The van der Waals surface area contributed by atoms with E-state index in [1.165, 1.54) is 19.2 Å². The summed E-state index contributed by atoms with van der Waals surface area (Å²) in [7, 11) is 1.49. The van der Waals surface area contributed by atoms with Gasteiger partial charge >= 0.3 is 0 Å². The minimum atomic E-state index is -0.547. The first-order chi connectivity index (χ1) is 14.4. The van der Waals surface area contributed by atoms with Gasteiger partial charge in [-0.2, -0.15) is 0 Å². The van der Waals surface area contributed by atoms with Crippen molar-refractivity contribution in [3.63, 3.8) is 0 Å². The van der Waals surface area contributed by atoms with Crippen LogP contribution in [0.1, 0.15) is 25.7 Å². The Kier molecular flexibility index (Phi) is 5.34. The van der Waals surface area contributed by atoms with Crippen molar-refractivity contribution in [2.24, 2.45) is 11.8 Å². The zero-order valence-corrected chi connectivity index (χ0v) is 17.0. The topological polar surface area (TPSA) is 102 Å². The first-order valence-corrected chi connectivity index (χ1v) is 10.1. The molecule has 4 rings (SSSR count). The maximum atomic E-state index is 12.8. The molecule has 1 heterocycles. The van der Waals surface area contributed by atoms with E-state index in [9.17, 15) is 19.7 Å². The van der Waals surface area contributed by atoms with Crippen LogP contribution in [0.3, 0.4) is 0 Å². The lowest BCUT2D eigenvalue weighted by Gasteiger charge is -2.19. The number of halogens is 1. The van der Waals surface area contributed by atoms with Crippen LogP contribution >= 0.6 is 11.6 Å². The summed E-state index contributed by atoms with van der Waals surface area (Å²) in [6, 6.07) is 9.23. The van der Waals surface area contributed by atoms with Crippen LogP contribution in [0.2, 0.25) is 5.02 Å². The van der Waals surface area contributed by atoms with E-state index in [2.05, 4.69) is 5.32 Å². The highest BCUT2D eigenvalue weighted by Crippen LogP contribution is 2.42. The number of nitrogens with one attached hydrogen (secondary N) is 1. The number of fused-ring (bicyclic) bond motifs is 1. The summed E-state index contributed by atoms with van der Waals surface area (Å²) in [5.41, 5.74) is 0.747. The van der Waals surface area contributed by atoms with Gasteiger partial charge in [-0.3, -0.25) is 19.7 Å². The third-order valence-electron chi connectivity index (χ3n) is 5.71. The largest absolute Gasteiger partial charge is 0.495 e. The van der Waals surface area contributed by atoms with Crippen molar-refractivity contribution in [3.8, 4) is 5.75 Å². The lowest BCUT2D eigenvalue weighted by Crippen LogP contribution is -2.30. The van der Waals surface area contributed by atoms with E-state index in [1.54, 1.807) is 24.3 Å². The second kappa shape index (κ2) is 7.95. The lowest BCUT2D eigenvalue weighted by molar-refractivity contribution is -0.383. The fourth-order valence-electron chi connectivity index (χ4n) is 4.23. The SMILES string of the molecule is COc1ccc(Nc2ccc(N3C(=O)C4CCCCC4C3=O)cc2[N+](=O)[O-])cc1Cl. The van der Waals surface area contributed by atoms with Crippen molar-refractivity contribution in [1.29, 1.82) is 0 Å². The molecule has 0 bridgehead atoms. The Hall–Kier alpha value is -3.13. The molecule has 9 heteroatoms. The smallest absolute Gasteiger partial charge is 0.294 e. The van der Waals surface area contributed by atoms with E-state index in [-0.39, 0.29) is 40.7 Å². The molecule has 2 fully saturated rings. The van der Waals surface area contributed by atoms with Gasteiger partial charge in [-0.25, -0.2) is 4.90 Å². The maximum Gasteiger partial charge on any atom is 0.294 e. The molecule has 30 heavy (non-hydrogen) atoms. The molecule has 1 aliphatic heterocycles. The van der Waals surface area contributed by atoms with Gasteiger partial charge in [-0.15, -0.1) is 0 Å². The monoisotopic (exact) mass is 429 g/mol. The molecule has 156 valence electrons. The highest BCUT2D eigenvalue weighted by molar-refractivity contribution is 6.32. The molecule has 2 aliphatic rings. The van der Waals surface area contributed by atoms with Gasteiger partial charge in [0.05, 0.1) is 34.6 Å². The second-order valence-electron chi connectivity index (χ2n) is 7.44. The molecule has 1 aliphatic carbocycles. The summed E-state index contributed by atoms with van der Waals surface area (Å²) < 4.78 is 5.11. The highest BCUT2D eigenvalue weighted by Gasteiger charge is 2.49. The number of imide groups is 1. The van der Waals surface area contributed by atoms with Crippen molar-refractivity contribution >= 4 is 46.2 Å². The number of nitro benzene ring substituents is 1. The normalized spacial score (nSPS) is 20.8. The van der Waals surface area contributed by atoms with Gasteiger partial charge in [0.1, 0.15) is 11.4 Å². The first kappa shape index (κ1) is 20.2.